The number of rotatable bonds is 10. The van der Waals surface area contributed by atoms with Crippen molar-refractivity contribution in [3.63, 3.8) is 0 Å². The van der Waals surface area contributed by atoms with Crippen molar-refractivity contribution in [3.05, 3.63) is 88.9 Å². The van der Waals surface area contributed by atoms with Crippen LogP contribution >= 0.6 is 23.4 Å². The molecule has 7 nitrogen and oxygen atoms in total. The molecule has 3 aromatic carbocycles. The van der Waals surface area contributed by atoms with Crippen molar-refractivity contribution in [3.8, 4) is 22.8 Å². The first kappa shape index (κ1) is 25.5. The van der Waals surface area contributed by atoms with Crippen LogP contribution in [0.1, 0.15) is 24.5 Å². The Morgan fingerprint density at radius 2 is 1.78 bits per heavy atom. The summed E-state index contributed by atoms with van der Waals surface area (Å²) in [6, 6.07) is 23.0. The summed E-state index contributed by atoms with van der Waals surface area (Å²) < 4.78 is 7.49. The first-order chi connectivity index (χ1) is 17.5. The first-order valence-corrected chi connectivity index (χ1v) is 12.9. The van der Waals surface area contributed by atoms with E-state index in [9.17, 15) is 4.79 Å². The number of amides is 1. The highest BCUT2D eigenvalue weighted by atomic mass is 35.5. The normalized spacial score (nSPS) is 11.1. The largest absolute Gasteiger partial charge is 0.494 e. The lowest BCUT2D eigenvalue weighted by atomic mass is 10.1. The molecule has 1 N–H and O–H groups in total. The number of thioether (sulfide) groups is 1. The van der Waals surface area contributed by atoms with Gasteiger partial charge in [0.2, 0.25) is 0 Å². The van der Waals surface area contributed by atoms with Gasteiger partial charge in [-0.3, -0.25) is 9.36 Å². The average molecular weight is 520 g/mol. The number of benzene rings is 3. The van der Waals surface area contributed by atoms with E-state index in [1.165, 1.54) is 11.8 Å². The molecule has 0 saturated carbocycles. The summed E-state index contributed by atoms with van der Waals surface area (Å²) in [5.74, 6) is 1.37. The number of aromatic nitrogens is 3. The quantitative estimate of drug-likeness (QED) is 0.159. The van der Waals surface area contributed by atoms with Crippen molar-refractivity contribution in [2.24, 2.45) is 5.10 Å². The van der Waals surface area contributed by atoms with E-state index >= 15 is 0 Å². The summed E-state index contributed by atoms with van der Waals surface area (Å²) in [5, 5.41) is 14.1. The molecule has 184 valence electrons. The lowest BCUT2D eigenvalue weighted by molar-refractivity contribution is -0.118. The number of nitrogens with zero attached hydrogens (tertiary/aromatic N) is 4. The number of hydrogen-bond acceptors (Lipinski definition) is 6. The Morgan fingerprint density at radius 3 is 2.47 bits per heavy atom. The molecular formula is C27H26ClN5O2S. The fourth-order valence-electron chi connectivity index (χ4n) is 3.29. The van der Waals surface area contributed by atoms with Crippen LogP contribution in [0.25, 0.3) is 17.1 Å². The Labute approximate surface area is 219 Å². The summed E-state index contributed by atoms with van der Waals surface area (Å²) in [6.07, 6.45) is 2.55. The molecule has 0 radical (unpaired) electrons. The minimum atomic E-state index is -0.248. The van der Waals surface area contributed by atoms with E-state index in [-0.39, 0.29) is 11.7 Å². The molecule has 0 saturated heterocycles. The molecule has 0 aliphatic rings. The molecule has 0 bridgehead atoms. The average Bonchev–Trinajstić information content (AvgIpc) is 3.32. The van der Waals surface area contributed by atoms with Gasteiger partial charge in [0.25, 0.3) is 5.91 Å². The van der Waals surface area contributed by atoms with E-state index in [2.05, 4.69) is 27.6 Å². The van der Waals surface area contributed by atoms with Crippen LogP contribution in [-0.4, -0.2) is 39.2 Å². The molecule has 1 amide bonds. The summed E-state index contributed by atoms with van der Waals surface area (Å²) in [5.41, 5.74) is 6.36. The third kappa shape index (κ3) is 6.74. The maximum Gasteiger partial charge on any atom is 0.250 e. The molecule has 1 heterocycles. The zero-order valence-electron chi connectivity index (χ0n) is 20.0. The number of nitrogens with one attached hydrogen (secondary N) is 1. The number of carbonyl (C=O) groups is 1. The second-order valence-electron chi connectivity index (χ2n) is 7.98. The van der Waals surface area contributed by atoms with Crippen LogP contribution in [0.2, 0.25) is 5.02 Å². The molecule has 1 aromatic heterocycles. The van der Waals surface area contributed by atoms with Crippen molar-refractivity contribution < 1.29 is 9.53 Å². The van der Waals surface area contributed by atoms with E-state index in [1.54, 1.807) is 6.21 Å². The Hall–Kier alpha value is -3.62. The van der Waals surface area contributed by atoms with Crippen molar-refractivity contribution in [2.75, 3.05) is 12.4 Å². The van der Waals surface area contributed by atoms with E-state index in [0.29, 0.717) is 22.6 Å². The van der Waals surface area contributed by atoms with Gasteiger partial charge in [0, 0.05) is 16.3 Å². The lowest BCUT2D eigenvalue weighted by Crippen LogP contribution is -2.20. The van der Waals surface area contributed by atoms with Gasteiger partial charge in [0.1, 0.15) is 5.75 Å². The molecule has 4 rings (SSSR count). The van der Waals surface area contributed by atoms with Gasteiger partial charge in [0.05, 0.1) is 18.6 Å². The summed E-state index contributed by atoms with van der Waals surface area (Å²) in [6.45, 7) is 4.78. The predicted octanol–water partition coefficient (Wildman–Crippen LogP) is 5.93. The number of hydrazone groups is 1. The third-order valence-electron chi connectivity index (χ3n) is 5.12. The Bertz CT molecular complexity index is 1320. The number of hydrogen-bond donors (Lipinski definition) is 1. The number of carbonyl (C=O) groups excluding carboxylic acids is 1. The Morgan fingerprint density at radius 1 is 1.06 bits per heavy atom. The summed E-state index contributed by atoms with van der Waals surface area (Å²) >= 11 is 7.37. The van der Waals surface area contributed by atoms with Gasteiger partial charge in [-0.1, -0.05) is 60.1 Å². The van der Waals surface area contributed by atoms with E-state index in [0.717, 1.165) is 34.5 Å². The number of ether oxygens (including phenoxy) is 1. The minimum Gasteiger partial charge on any atom is -0.494 e. The van der Waals surface area contributed by atoms with Crippen molar-refractivity contribution in [2.45, 2.75) is 25.4 Å². The van der Waals surface area contributed by atoms with Crippen molar-refractivity contribution in [1.82, 2.24) is 20.2 Å². The van der Waals surface area contributed by atoms with Crippen LogP contribution in [0, 0.1) is 6.92 Å². The molecule has 0 fully saturated rings. The predicted molar refractivity (Wildman–Crippen MR) is 145 cm³/mol. The Balaban J connectivity index is 1.43. The Kier molecular flexibility index (Phi) is 8.76. The van der Waals surface area contributed by atoms with Crippen LogP contribution < -0.4 is 10.2 Å². The zero-order valence-corrected chi connectivity index (χ0v) is 21.6. The van der Waals surface area contributed by atoms with Gasteiger partial charge in [-0.25, -0.2) is 5.43 Å². The zero-order chi connectivity index (χ0) is 25.3. The molecule has 4 aromatic rings. The lowest BCUT2D eigenvalue weighted by Gasteiger charge is -2.10. The second-order valence-corrected chi connectivity index (χ2v) is 9.36. The molecule has 0 aliphatic carbocycles. The first-order valence-electron chi connectivity index (χ1n) is 11.5. The highest BCUT2D eigenvalue weighted by molar-refractivity contribution is 7.99. The van der Waals surface area contributed by atoms with Crippen molar-refractivity contribution >= 4 is 35.5 Å². The molecular weight excluding hydrogens is 494 g/mol. The third-order valence-corrected chi connectivity index (χ3v) is 6.30. The molecule has 9 heteroatoms. The van der Waals surface area contributed by atoms with Gasteiger partial charge < -0.3 is 4.74 Å². The van der Waals surface area contributed by atoms with Crippen molar-refractivity contribution in [1.29, 1.82) is 0 Å². The van der Waals surface area contributed by atoms with Crippen LogP contribution in [0.3, 0.4) is 0 Å². The van der Waals surface area contributed by atoms with Gasteiger partial charge in [0.15, 0.2) is 11.0 Å². The van der Waals surface area contributed by atoms with Crippen LogP contribution in [0.4, 0.5) is 0 Å². The van der Waals surface area contributed by atoms with Gasteiger partial charge in [-0.2, -0.15) is 5.10 Å². The van der Waals surface area contributed by atoms with Crippen LogP contribution in [0.15, 0.2) is 83.1 Å². The fourth-order valence-corrected chi connectivity index (χ4v) is 4.16. The summed E-state index contributed by atoms with van der Waals surface area (Å²) in [7, 11) is 0. The van der Waals surface area contributed by atoms with E-state index in [4.69, 9.17) is 16.3 Å². The van der Waals surface area contributed by atoms with Gasteiger partial charge in [-0.05, 0) is 67.4 Å². The number of aryl methyl sites for hydroxylation is 1. The maximum atomic E-state index is 12.4. The SMILES string of the molecule is CCCOc1ccc(/C=N\NC(=O)CSc2nnc(-c3ccc(C)cc3)n2-c2ccc(Cl)cc2)cc1. The molecule has 36 heavy (non-hydrogen) atoms. The fraction of sp³-hybridized carbons (Fsp3) is 0.185. The highest BCUT2D eigenvalue weighted by Gasteiger charge is 2.17. The van der Waals surface area contributed by atoms with Crippen LogP contribution in [0.5, 0.6) is 5.75 Å². The monoisotopic (exact) mass is 519 g/mol. The highest BCUT2D eigenvalue weighted by Crippen LogP contribution is 2.28. The minimum absolute atomic E-state index is 0.126. The standard InChI is InChI=1S/C27H26ClN5O2S/c1-3-16-35-24-14-6-20(7-15-24)17-29-30-25(34)18-36-27-32-31-26(21-8-4-19(2)5-9-21)33(27)23-12-10-22(28)11-13-23/h4-15,17H,3,16,18H2,1-2H3,(H,30,34)/b29-17-. The van der Waals surface area contributed by atoms with E-state index < -0.39 is 0 Å². The smallest absolute Gasteiger partial charge is 0.250 e. The number of halogens is 1. The van der Waals surface area contributed by atoms with Gasteiger partial charge in [-0.15, -0.1) is 10.2 Å². The van der Waals surface area contributed by atoms with E-state index in [1.807, 2.05) is 84.3 Å². The molecule has 0 unspecified atom stereocenters. The van der Waals surface area contributed by atoms with Gasteiger partial charge >= 0.3 is 0 Å². The molecule has 0 spiro atoms. The summed E-state index contributed by atoms with van der Waals surface area (Å²) in [4.78, 5) is 12.4. The molecule has 0 aliphatic heterocycles. The maximum absolute atomic E-state index is 12.4. The molecule has 0 atom stereocenters. The second kappa shape index (κ2) is 12.4. The van der Waals surface area contributed by atoms with Crippen LogP contribution in [-0.2, 0) is 4.79 Å². The topological polar surface area (TPSA) is 81.4 Å².